The summed E-state index contributed by atoms with van der Waals surface area (Å²) in [4.78, 5) is 28.8. The SMILES string of the molecule is Cc1oc(-n2cccc2)c(C#N)c1C(=O)N1CCC(CN(C)C(=O)OC(C)(C)C)CC1. The molecule has 3 rings (SSSR count). The number of hydrogen-bond donors (Lipinski definition) is 0. The van der Waals surface area contributed by atoms with Crippen molar-refractivity contribution in [3.8, 4) is 12.0 Å². The predicted octanol–water partition coefficient (Wildman–Crippen LogP) is 3.97. The topological polar surface area (TPSA) is 91.7 Å². The van der Waals surface area contributed by atoms with E-state index in [9.17, 15) is 14.9 Å². The highest BCUT2D eigenvalue weighted by Crippen LogP contribution is 2.28. The van der Waals surface area contributed by atoms with Gasteiger partial charge in [-0.3, -0.25) is 9.36 Å². The maximum Gasteiger partial charge on any atom is 0.410 e. The molecule has 2 aromatic heterocycles. The third-order valence-corrected chi connectivity index (χ3v) is 5.37. The van der Waals surface area contributed by atoms with Gasteiger partial charge in [0.2, 0.25) is 5.88 Å². The van der Waals surface area contributed by atoms with Crippen LogP contribution in [0, 0.1) is 24.2 Å². The van der Waals surface area contributed by atoms with E-state index in [0.29, 0.717) is 36.8 Å². The molecule has 0 spiro atoms. The molecule has 0 radical (unpaired) electrons. The maximum absolute atomic E-state index is 13.2. The van der Waals surface area contributed by atoms with E-state index in [-0.39, 0.29) is 23.5 Å². The maximum atomic E-state index is 13.2. The first kappa shape index (κ1) is 22.5. The molecule has 1 saturated heterocycles. The average Bonchev–Trinajstić information content (AvgIpc) is 3.34. The standard InChI is InChI=1S/C23H30N4O4/c1-16-19(18(14-24)21(30-16)27-10-6-7-11-27)20(28)26-12-8-17(9-13-26)15-25(5)22(29)31-23(2,3)4/h6-7,10-11,17H,8-9,12-13,15H2,1-5H3. The minimum Gasteiger partial charge on any atom is -0.444 e. The Balaban J connectivity index is 1.64. The Morgan fingerprint density at radius 1 is 1.26 bits per heavy atom. The number of ether oxygens (including phenoxy) is 1. The lowest BCUT2D eigenvalue weighted by molar-refractivity contribution is 0.0246. The summed E-state index contributed by atoms with van der Waals surface area (Å²) < 4.78 is 12.9. The number of piperidine rings is 1. The summed E-state index contributed by atoms with van der Waals surface area (Å²) in [7, 11) is 1.74. The second-order valence-corrected chi connectivity index (χ2v) is 9.01. The molecule has 8 nitrogen and oxygen atoms in total. The average molecular weight is 427 g/mol. The largest absolute Gasteiger partial charge is 0.444 e. The number of furan rings is 1. The minimum atomic E-state index is -0.526. The number of nitriles is 1. The van der Waals surface area contributed by atoms with E-state index in [1.54, 1.807) is 40.7 Å². The fraction of sp³-hybridized carbons (Fsp3) is 0.522. The normalized spacial score (nSPS) is 14.9. The van der Waals surface area contributed by atoms with Gasteiger partial charge in [0.15, 0.2) is 0 Å². The van der Waals surface area contributed by atoms with Crippen LogP contribution in [-0.2, 0) is 4.74 Å². The smallest absolute Gasteiger partial charge is 0.410 e. The lowest BCUT2D eigenvalue weighted by Gasteiger charge is -2.34. The van der Waals surface area contributed by atoms with Crippen LogP contribution in [0.1, 0.15) is 55.3 Å². The summed E-state index contributed by atoms with van der Waals surface area (Å²) >= 11 is 0. The second-order valence-electron chi connectivity index (χ2n) is 9.01. The number of nitrogens with zero attached hydrogens (tertiary/aromatic N) is 4. The van der Waals surface area contributed by atoms with E-state index in [1.165, 1.54) is 0 Å². The van der Waals surface area contributed by atoms with Gasteiger partial charge < -0.3 is 19.0 Å². The number of carbonyl (C=O) groups is 2. The number of likely N-dealkylation sites (tertiary alicyclic amines) is 1. The van der Waals surface area contributed by atoms with Gasteiger partial charge in [-0.25, -0.2) is 4.79 Å². The van der Waals surface area contributed by atoms with Crippen LogP contribution in [-0.4, -0.2) is 58.7 Å². The number of rotatable bonds is 4. The van der Waals surface area contributed by atoms with Crippen molar-refractivity contribution < 1.29 is 18.7 Å². The zero-order valence-electron chi connectivity index (χ0n) is 18.8. The van der Waals surface area contributed by atoms with Crippen LogP contribution in [0.25, 0.3) is 5.88 Å². The highest BCUT2D eigenvalue weighted by atomic mass is 16.6. The molecule has 0 atom stereocenters. The Kier molecular flexibility index (Phi) is 6.44. The molecule has 1 fully saturated rings. The van der Waals surface area contributed by atoms with E-state index in [4.69, 9.17) is 9.15 Å². The molecule has 0 aliphatic carbocycles. The number of aryl methyl sites for hydroxylation is 1. The van der Waals surface area contributed by atoms with E-state index in [0.717, 1.165) is 12.8 Å². The molecule has 0 unspecified atom stereocenters. The Bertz CT molecular complexity index is 971. The number of hydrogen-bond acceptors (Lipinski definition) is 5. The van der Waals surface area contributed by atoms with Crippen molar-refractivity contribution in [1.82, 2.24) is 14.4 Å². The highest BCUT2D eigenvalue weighted by Gasteiger charge is 2.31. The molecule has 1 aliphatic heterocycles. The van der Waals surface area contributed by atoms with Gasteiger partial charge in [-0.05, 0) is 58.6 Å². The zero-order chi connectivity index (χ0) is 22.8. The monoisotopic (exact) mass is 426 g/mol. The molecular weight excluding hydrogens is 396 g/mol. The van der Waals surface area contributed by atoms with Gasteiger partial charge in [-0.15, -0.1) is 0 Å². The quantitative estimate of drug-likeness (QED) is 0.738. The number of amides is 2. The van der Waals surface area contributed by atoms with Crippen LogP contribution in [0.4, 0.5) is 4.79 Å². The molecule has 0 aromatic carbocycles. The summed E-state index contributed by atoms with van der Waals surface area (Å²) in [6.45, 7) is 8.97. The van der Waals surface area contributed by atoms with Gasteiger partial charge in [0.1, 0.15) is 28.6 Å². The Labute approximate surface area is 183 Å². The van der Waals surface area contributed by atoms with Crippen LogP contribution in [0.15, 0.2) is 28.9 Å². The molecule has 0 saturated carbocycles. The van der Waals surface area contributed by atoms with Crippen LogP contribution in [0.5, 0.6) is 0 Å². The molecule has 2 amide bonds. The lowest BCUT2D eigenvalue weighted by atomic mass is 9.95. The van der Waals surface area contributed by atoms with Crippen molar-refractivity contribution >= 4 is 12.0 Å². The van der Waals surface area contributed by atoms with E-state index in [2.05, 4.69) is 6.07 Å². The highest BCUT2D eigenvalue weighted by molar-refractivity contribution is 5.98. The summed E-state index contributed by atoms with van der Waals surface area (Å²) in [6, 6.07) is 5.80. The van der Waals surface area contributed by atoms with Crippen LogP contribution in [0.3, 0.4) is 0 Å². The molecule has 2 aromatic rings. The van der Waals surface area contributed by atoms with Gasteiger partial charge in [0, 0.05) is 39.1 Å². The molecular formula is C23H30N4O4. The van der Waals surface area contributed by atoms with Crippen LogP contribution >= 0.6 is 0 Å². The predicted molar refractivity (Wildman–Crippen MR) is 115 cm³/mol. The first-order valence-corrected chi connectivity index (χ1v) is 10.5. The van der Waals surface area contributed by atoms with E-state index < -0.39 is 5.60 Å². The van der Waals surface area contributed by atoms with Crippen molar-refractivity contribution in [2.75, 3.05) is 26.7 Å². The van der Waals surface area contributed by atoms with E-state index >= 15 is 0 Å². The van der Waals surface area contributed by atoms with E-state index in [1.807, 2.05) is 32.9 Å². The van der Waals surface area contributed by atoms with Gasteiger partial charge in [-0.2, -0.15) is 5.26 Å². The first-order valence-electron chi connectivity index (χ1n) is 10.5. The van der Waals surface area contributed by atoms with Crippen molar-refractivity contribution in [2.24, 2.45) is 5.92 Å². The van der Waals surface area contributed by atoms with Crippen LogP contribution < -0.4 is 0 Å². The second kappa shape index (κ2) is 8.88. The third-order valence-electron chi connectivity index (χ3n) is 5.37. The summed E-state index contributed by atoms with van der Waals surface area (Å²) in [5.74, 6) is 0.910. The molecule has 31 heavy (non-hydrogen) atoms. The van der Waals surface area contributed by atoms with Gasteiger partial charge in [-0.1, -0.05) is 0 Å². The molecule has 1 aliphatic rings. The van der Waals surface area contributed by atoms with Crippen molar-refractivity contribution in [3.05, 3.63) is 41.4 Å². The number of carbonyl (C=O) groups excluding carboxylic acids is 2. The van der Waals surface area contributed by atoms with Crippen molar-refractivity contribution in [3.63, 3.8) is 0 Å². The van der Waals surface area contributed by atoms with Gasteiger partial charge >= 0.3 is 6.09 Å². The summed E-state index contributed by atoms with van der Waals surface area (Å²) in [5, 5.41) is 9.69. The number of aromatic nitrogens is 1. The summed E-state index contributed by atoms with van der Waals surface area (Å²) in [5.41, 5.74) is 0.0580. The third kappa shape index (κ3) is 5.10. The van der Waals surface area contributed by atoms with Crippen molar-refractivity contribution in [2.45, 2.75) is 46.1 Å². The molecule has 0 N–H and O–H groups in total. The molecule has 3 heterocycles. The Morgan fingerprint density at radius 3 is 2.42 bits per heavy atom. The first-order chi connectivity index (χ1) is 14.6. The zero-order valence-corrected chi connectivity index (χ0v) is 18.8. The Morgan fingerprint density at radius 2 is 1.87 bits per heavy atom. The molecule has 0 bridgehead atoms. The van der Waals surface area contributed by atoms with Crippen molar-refractivity contribution in [1.29, 1.82) is 5.26 Å². The molecule has 8 heteroatoms. The van der Waals surface area contributed by atoms with Gasteiger partial charge in [0.25, 0.3) is 5.91 Å². The summed E-state index contributed by atoms with van der Waals surface area (Å²) in [6.07, 6.45) is 4.78. The van der Waals surface area contributed by atoms with Crippen LogP contribution in [0.2, 0.25) is 0 Å². The fourth-order valence-corrected chi connectivity index (χ4v) is 3.82. The Hall–Kier alpha value is -3.21. The molecule has 166 valence electrons. The van der Waals surface area contributed by atoms with Gasteiger partial charge in [0.05, 0.1) is 0 Å². The fourth-order valence-electron chi connectivity index (χ4n) is 3.82. The minimum absolute atomic E-state index is 0.185. The lowest BCUT2D eigenvalue weighted by Crippen LogP contribution is -2.43.